The maximum Gasteiger partial charge on any atom is 0.0579 e. The Morgan fingerprint density at radius 1 is 0.738 bits per heavy atom. The van der Waals surface area contributed by atoms with Crippen LogP contribution in [0.25, 0.3) is 10.8 Å². The number of nitrogens with zero attached hydrogens (tertiary/aromatic N) is 2. The van der Waals surface area contributed by atoms with E-state index in [-0.39, 0.29) is 5.92 Å². The van der Waals surface area contributed by atoms with Crippen LogP contribution in [0.15, 0.2) is 139 Å². The van der Waals surface area contributed by atoms with E-state index in [1.165, 1.54) is 55.7 Å². The summed E-state index contributed by atoms with van der Waals surface area (Å²) in [6.45, 7) is 15.4. The standard InChI is InChI=1S/C40H38N2/c1-7-27(2)16-21-30(5)41-38-15-11-10-12-34(38)31(6)37-26-39(35-13-8-9-14-36(35)40(37)41)42(32-22-17-28(3)18-23-32)33-24-19-29(4)20-25-33/h7-26,31H,5H2,1-4,6H3. The Balaban J connectivity index is 1.65. The third-order valence-electron chi connectivity index (χ3n) is 8.46. The fourth-order valence-electron chi connectivity index (χ4n) is 5.98. The molecule has 2 nitrogen and oxygen atoms in total. The maximum atomic E-state index is 4.58. The number of fused-ring (bicyclic) bond motifs is 4. The highest BCUT2D eigenvalue weighted by molar-refractivity contribution is 6.09. The Kier molecular flexibility index (Phi) is 7.31. The van der Waals surface area contributed by atoms with Crippen molar-refractivity contribution >= 4 is 39.2 Å². The van der Waals surface area contributed by atoms with E-state index >= 15 is 0 Å². The summed E-state index contributed by atoms with van der Waals surface area (Å²) in [5.41, 5.74) is 13.1. The molecule has 1 aliphatic heterocycles. The summed E-state index contributed by atoms with van der Waals surface area (Å²) in [6, 6.07) is 37.7. The molecule has 0 aliphatic carbocycles. The SMILES string of the molecule is C=C(C=CC(C)=CC)N1c2ccccc2C(C)c2cc(N(c3ccc(C)cc3)c3ccc(C)cc3)c3ccccc3c21. The lowest BCUT2D eigenvalue weighted by Crippen LogP contribution is -2.24. The number of para-hydroxylation sites is 1. The van der Waals surface area contributed by atoms with Crippen molar-refractivity contribution in [1.82, 2.24) is 0 Å². The van der Waals surface area contributed by atoms with Crippen LogP contribution in [0.2, 0.25) is 0 Å². The molecule has 5 aromatic carbocycles. The average molecular weight is 547 g/mol. The molecule has 0 radical (unpaired) electrons. The Hall–Kier alpha value is -4.82. The molecule has 0 amide bonds. The fraction of sp³-hybridized carbons (Fsp3) is 0.150. The molecule has 1 unspecified atom stereocenters. The number of rotatable bonds is 6. The third-order valence-corrected chi connectivity index (χ3v) is 8.46. The van der Waals surface area contributed by atoms with Gasteiger partial charge in [-0.2, -0.15) is 0 Å². The Morgan fingerprint density at radius 3 is 1.93 bits per heavy atom. The van der Waals surface area contributed by atoms with Crippen molar-refractivity contribution in [3.8, 4) is 0 Å². The molecule has 0 spiro atoms. The molecule has 0 aromatic heterocycles. The van der Waals surface area contributed by atoms with Gasteiger partial charge in [-0.15, -0.1) is 0 Å². The van der Waals surface area contributed by atoms with Gasteiger partial charge in [0.1, 0.15) is 0 Å². The first-order valence-electron chi connectivity index (χ1n) is 14.8. The van der Waals surface area contributed by atoms with Crippen molar-refractivity contribution in [3.05, 3.63) is 161 Å². The first-order valence-corrected chi connectivity index (χ1v) is 14.8. The second-order valence-electron chi connectivity index (χ2n) is 11.4. The molecule has 208 valence electrons. The molecule has 0 saturated carbocycles. The molecule has 5 aromatic rings. The van der Waals surface area contributed by atoms with E-state index in [1.807, 2.05) is 0 Å². The van der Waals surface area contributed by atoms with Crippen LogP contribution in [0.4, 0.5) is 28.4 Å². The van der Waals surface area contributed by atoms with Crippen molar-refractivity contribution < 1.29 is 0 Å². The minimum absolute atomic E-state index is 0.211. The summed E-state index contributed by atoms with van der Waals surface area (Å²) in [4.78, 5) is 4.77. The van der Waals surface area contributed by atoms with E-state index in [1.54, 1.807) is 0 Å². The van der Waals surface area contributed by atoms with Crippen LogP contribution in [0, 0.1) is 13.8 Å². The van der Waals surface area contributed by atoms with Crippen LogP contribution in [0.3, 0.4) is 0 Å². The summed E-state index contributed by atoms with van der Waals surface area (Å²) >= 11 is 0. The third kappa shape index (κ3) is 4.84. The smallest absolute Gasteiger partial charge is 0.0579 e. The highest BCUT2D eigenvalue weighted by atomic mass is 15.2. The zero-order valence-electron chi connectivity index (χ0n) is 25.2. The largest absolute Gasteiger partial charge is 0.310 e. The highest BCUT2D eigenvalue weighted by Gasteiger charge is 2.32. The molecule has 0 bridgehead atoms. The lowest BCUT2D eigenvalue weighted by atomic mass is 9.83. The second-order valence-corrected chi connectivity index (χ2v) is 11.4. The van der Waals surface area contributed by atoms with E-state index in [0.29, 0.717) is 0 Å². The normalized spacial score (nSPS) is 14.6. The number of benzene rings is 5. The monoisotopic (exact) mass is 546 g/mol. The summed E-state index contributed by atoms with van der Waals surface area (Å²) in [7, 11) is 0. The van der Waals surface area contributed by atoms with Gasteiger partial charge in [0.25, 0.3) is 0 Å². The van der Waals surface area contributed by atoms with Gasteiger partial charge in [-0.05, 0) is 81.3 Å². The molecule has 42 heavy (non-hydrogen) atoms. The van der Waals surface area contributed by atoms with Gasteiger partial charge >= 0.3 is 0 Å². The van der Waals surface area contributed by atoms with E-state index in [0.717, 1.165) is 17.1 Å². The molecule has 2 heteroatoms. The minimum Gasteiger partial charge on any atom is -0.310 e. The Morgan fingerprint density at radius 2 is 1.31 bits per heavy atom. The lowest BCUT2D eigenvalue weighted by Gasteiger charge is -2.39. The number of hydrogen-bond donors (Lipinski definition) is 0. The van der Waals surface area contributed by atoms with Crippen LogP contribution in [-0.4, -0.2) is 0 Å². The van der Waals surface area contributed by atoms with E-state index < -0.39 is 0 Å². The molecular weight excluding hydrogens is 508 g/mol. The van der Waals surface area contributed by atoms with Gasteiger partial charge in [-0.1, -0.05) is 109 Å². The first-order chi connectivity index (χ1) is 20.4. The molecular formula is C40H38N2. The fourth-order valence-corrected chi connectivity index (χ4v) is 5.98. The van der Waals surface area contributed by atoms with Gasteiger partial charge in [0.15, 0.2) is 0 Å². The highest BCUT2D eigenvalue weighted by Crippen LogP contribution is 2.53. The lowest BCUT2D eigenvalue weighted by molar-refractivity contribution is 0.888. The van der Waals surface area contributed by atoms with Gasteiger partial charge in [-0.25, -0.2) is 0 Å². The van der Waals surface area contributed by atoms with Crippen LogP contribution in [0.5, 0.6) is 0 Å². The van der Waals surface area contributed by atoms with Gasteiger partial charge in [0, 0.05) is 39.4 Å². The maximum absolute atomic E-state index is 4.58. The van der Waals surface area contributed by atoms with Crippen molar-refractivity contribution in [2.45, 2.75) is 40.5 Å². The quantitative estimate of drug-likeness (QED) is 0.195. The van der Waals surface area contributed by atoms with Gasteiger partial charge < -0.3 is 9.80 Å². The molecule has 1 heterocycles. The minimum atomic E-state index is 0.211. The number of aryl methyl sites for hydroxylation is 2. The Labute approximate surface area is 250 Å². The second kappa shape index (κ2) is 11.2. The van der Waals surface area contributed by atoms with Crippen LogP contribution >= 0.6 is 0 Å². The molecule has 0 N–H and O–H groups in total. The van der Waals surface area contributed by atoms with Crippen LogP contribution in [0.1, 0.15) is 48.9 Å². The summed E-state index contributed by atoms with van der Waals surface area (Å²) in [5.74, 6) is 0.211. The molecule has 6 rings (SSSR count). The summed E-state index contributed by atoms with van der Waals surface area (Å²) < 4.78 is 0. The van der Waals surface area contributed by atoms with Gasteiger partial charge in [0.2, 0.25) is 0 Å². The number of allylic oxidation sites excluding steroid dienone is 4. The van der Waals surface area contributed by atoms with E-state index in [9.17, 15) is 0 Å². The first kappa shape index (κ1) is 27.4. The predicted molar refractivity (Wildman–Crippen MR) is 182 cm³/mol. The van der Waals surface area contributed by atoms with Crippen molar-refractivity contribution in [1.29, 1.82) is 0 Å². The van der Waals surface area contributed by atoms with Crippen molar-refractivity contribution in [2.24, 2.45) is 0 Å². The molecule has 1 atom stereocenters. The average Bonchev–Trinajstić information content (AvgIpc) is 3.02. The summed E-state index contributed by atoms with van der Waals surface area (Å²) in [6.07, 6.45) is 6.41. The predicted octanol–water partition coefficient (Wildman–Crippen LogP) is 11.6. The molecule has 1 aliphatic rings. The van der Waals surface area contributed by atoms with E-state index in [4.69, 9.17) is 0 Å². The molecule has 0 saturated heterocycles. The topological polar surface area (TPSA) is 6.48 Å². The van der Waals surface area contributed by atoms with Crippen LogP contribution < -0.4 is 9.80 Å². The van der Waals surface area contributed by atoms with Gasteiger partial charge in [0.05, 0.1) is 11.4 Å². The number of anilines is 5. The number of hydrogen-bond acceptors (Lipinski definition) is 2. The zero-order valence-corrected chi connectivity index (χ0v) is 25.2. The molecule has 0 fully saturated rings. The van der Waals surface area contributed by atoms with Crippen molar-refractivity contribution in [2.75, 3.05) is 9.80 Å². The summed E-state index contributed by atoms with van der Waals surface area (Å²) in [5, 5.41) is 2.42. The van der Waals surface area contributed by atoms with Gasteiger partial charge in [-0.3, -0.25) is 0 Å². The van der Waals surface area contributed by atoms with Crippen molar-refractivity contribution in [3.63, 3.8) is 0 Å². The zero-order chi connectivity index (χ0) is 29.4. The van der Waals surface area contributed by atoms with Crippen LogP contribution in [-0.2, 0) is 0 Å². The van der Waals surface area contributed by atoms with E-state index in [2.05, 4.69) is 172 Å². The Bertz CT molecular complexity index is 1790.